The lowest BCUT2D eigenvalue weighted by atomic mass is 10.3. The van der Waals surface area contributed by atoms with Crippen LogP contribution in [0.3, 0.4) is 0 Å². The third-order valence-electron chi connectivity index (χ3n) is 2.08. The highest BCUT2D eigenvalue weighted by molar-refractivity contribution is 5.47. The number of aromatic nitrogens is 2. The van der Waals surface area contributed by atoms with Gasteiger partial charge in [0.15, 0.2) is 0 Å². The van der Waals surface area contributed by atoms with Gasteiger partial charge >= 0.3 is 0 Å². The van der Waals surface area contributed by atoms with Crippen LogP contribution in [0.15, 0.2) is 24.5 Å². The molecule has 1 atom stereocenters. The first-order valence-electron chi connectivity index (χ1n) is 4.30. The zero-order chi connectivity index (χ0) is 9.42. The molecule has 13 heavy (non-hydrogen) atoms. The largest absolute Gasteiger partial charge is 0.385 e. The smallest absolute Gasteiger partial charge is 0.141 e. The molecule has 0 saturated carbocycles. The van der Waals surface area contributed by atoms with Crippen molar-refractivity contribution >= 4 is 5.52 Å². The van der Waals surface area contributed by atoms with Gasteiger partial charge in [-0.3, -0.25) is 0 Å². The summed E-state index contributed by atoms with van der Waals surface area (Å²) in [7, 11) is 0. The van der Waals surface area contributed by atoms with E-state index in [0.29, 0.717) is 5.82 Å². The first-order chi connectivity index (χ1) is 6.18. The molecule has 0 saturated heterocycles. The number of aliphatic hydroxyl groups excluding tert-OH is 1. The predicted molar refractivity (Wildman–Crippen MR) is 50.6 cm³/mol. The van der Waals surface area contributed by atoms with Crippen LogP contribution in [0.5, 0.6) is 0 Å². The number of hydrogen-bond donors (Lipinski definition) is 1. The maximum absolute atomic E-state index is 9.42. The highest BCUT2D eigenvalue weighted by atomic mass is 16.3. The number of nitrogens with zero attached hydrogens (tertiary/aromatic N) is 2. The SMILES string of the molecule is Cc1ccc2cnc(C(C)O)n2c1. The van der Waals surface area contributed by atoms with Gasteiger partial charge in [-0.25, -0.2) is 4.98 Å². The Morgan fingerprint density at radius 2 is 2.23 bits per heavy atom. The van der Waals surface area contributed by atoms with E-state index < -0.39 is 6.10 Å². The quantitative estimate of drug-likeness (QED) is 0.718. The Bertz CT molecular complexity index is 431. The Morgan fingerprint density at radius 1 is 1.46 bits per heavy atom. The van der Waals surface area contributed by atoms with Gasteiger partial charge in [0, 0.05) is 6.20 Å². The Balaban J connectivity index is 2.71. The minimum Gasteiger partial charge on any atom is -0.385 e. The van der Waals surface area contributed by atoms with Crippen molar-refractivity contribution < 1.29 is 5.11 Å². The lowest BCUT2D eigenvalue weighted by Crippen LogP contribution is -1.99. The van der Waals surface area contributed by atoms with Crippen LogP contribution in [0.4, 0.5) is 0 Å². The summed E-state index contributed by atoms with van der Waals surface area (Å²) < 4.78 is 1.92. The number of hydrogen-bond acceptors (Lipinski definition) is 2. The number of rotatable bonds is 1. The molecule has 2 aromatic heterocycles. The number of pyridine rings is 1. The van der Waals surface area contributed by atoms with Crippen molar-refractivity contribution in [2.75, 3.05) is 0 Å². The van der Waals surface area contributed by atoms with Gasteiger partial charge in [0.05, 0.1) is 11.7 Å². The molecule has 1 N–H and O–H groups in total. The first kappa shape index (κ1) is 8.26. The maximum Gasteiger partial charge on any atom is 0.141 e. The average Bonchev–Trinajstić information content (AvgIpc) is 2.46. The average molecular weight is 176 g/mol. The van der Waals surface area contributed by atoms with Crippen LogP contribution in [0.1, 0.15) is 24.4 Å². The second-order valence-electron chi connectivity index (χ2n) is 3.29. The summed E-state index contributed by atoms with van der Waals surface area (Å²) in [6.07, 6.45) is 3.22. The Labute approximate surface area is 76.7 Å². The van der Waals surface area contributed by atoms with Crippen molar-refractivity contribution in [1.29, 1.82) is 0 Å². The number of fused-ring (bicyclic) bond motifs is 1. The van der Waals surface area contributed by atoms with Crippen LogP contribution in [0.25, 0.3) is 5.52 Å². The summed E-state index contributed by atoms with van der Waals surface area (Å²) in [5, 5.41) is 9.42. The van der Waals surface area contributed by atoms with Crippen LogP contribution in [-0.4, -0.2) is 14.5 Å². The summed E-state index contributed by atoms with van der Waals surface area (Å²) in [5.74, 6) is 0.693. The van der Waals surface area contributed by atoms with Crippen molar-refractivity contribution in [2.24, 2.45) is 0 Å². The van der Waals surface area contributed by atoms with Gasteiger partial charge < -0.3 is 9.51 Å². The fourth-order valence-electron chi connectivity index (χ4n) is 1.43. The van der Waals surface area contributed by atoms with Gasteiger partial charge in [-0.2, -0.15) is 0 Å². The lowest BCUT2D eigenvalue weighted by molar-refractivity contribution is 0.188. The summed E-state index contributed by atoms with van der Waals surface area (Å²) in [6.45, 7) is 3.74. The van der Waals surface area contributed by atoms with Crippen LogP contribution in [0, 0.1) is 6.92 Å². The molecule has 3 nitrogen and oxygen atoms in total. The van der Waals surface area contributed by atoms with E-state index in [4.69, 9.17) is 0 Å². The molecule has 1 unspecified atom stereocenters. The second kappa shape index (κ2) is 2.85. The van der Waals surface area contributed by atoms with Crippen LogP contribution in [0.2, 0.25) is 0 Å². The van der Waals surface area contributed by atoms with Crippen LogP contribution in [-0.2, 0) is 0 Å². The fourth-order valence-corrected chi connectivity index (χ4v) is 1.43. The first-order valence-corrected chi connectivity index (χ1v) is 4.30. The van der Waals surface area contributed by atoms with E-state index in [1.54, 1.807) is 13.1 Å². The zero-order valence-electron chi connectivity index (χ0n) is 7.73. The van der Waals surface area contributed by atoms with Crippen LogP contribution < -0.4 is 0 Å². The zero-order valence-corrected chi connectivity index (χ0v) is 7.73. The molecule has 3 heteroatoms. The molecule has 0 aromatic carbocycles. The van der Waals surface area contributed by atoms with Gasteiger partial charge in [0.2, 0.25) is 0 Å². The molecular formula is C10H12N2O. The summed E-state index contributed by atoms with van der Waals surface area (Å²) in [4.78, 5) is 4.15. The Hall–Kier alpha value is -1.35. The molecule has 2 rings (SSSR count). The van der Waals surface area contributed by atoms with Crippen molar-refractivity contribution in [2.45, 2.75) is 20.0 Å². The molecular weight excluding hydrogens is 164 g/mol. The van der Waals surface area contributed by atoms with E-state index in [2.05, 4.69) is 4.98 Å². The molecule has 0 bridgehead atoms. The molecule has 0 aliphatic carbocycles. The van der Waals surface area contributed by atoms with E-state index >= 15 is 0 Å². The lowest BCUT2D eigenvalue weighted by Gasteiger charge is -2.03. The van der Waals surface area contributed by atoms with E-state index in [1.807, 2.05) is 29.7 Å². The minimum absolute atomic E-state index is 0.524. The molecule has 0 amide bonds. The number of aryl methyl sites for hydroxylation is 1. The minimum atomic E-state index is -0.524. The summed E-state index contributed by atoms with van der Waals surface area (Å²) in [6, 6.07) is 4.02. The summed E-state index contributed by atoms with van der Waals surface area (Å²) >= 11 is 0. The highest BCUT2D eigenvalue weighted by Gasteiger charge is 2.07. The standard InChI is InChI=1S/C10H12N2O/c1-7-3-4-9-5-11-10(8(2)13)12(9)6-7/h3-6,8,13H,1-2H3. The topological polar surface area (TPSA) is 37.5 Å². The second-order valence-corrected chi connectivity index (χ2v) is 3.29. The summed E-state index contributed by atoms with van der Waals surface area (Å²) in [5.41, 5.74) is 2.17. The number of imidazole rings is 1. The van der Waals surface area contributed by atoms with Gasteiger partial charge in [0.1, 0.15) is 11.9 Å². The molecule has 2 heterocycles. The Kier molecular flexibility index (Phi) is 1.81. The van der Waals surface area contributed by atoms with Crippen molar-refractivity contribution in [3.63, 3.8) is 0 Å². The van der Waals surface area contributed by atoms with E-state index in [9.17, 15) is 5.11 Å². The fraction of sp³-hybridized carbons (Fsp3) is 0.300. The van der Waals surface area contributed by atoms with E-state index in [0.717, 1.165) is 11.1 Å². The van der Waals surface area contributed by atoms with Gasteiger partial charge in [0.25, 0.3) is 0 Å². The molecule has 0 radical (unpaired) electrons. The highest BCUT2D eigenvalue weighted by Crippen LogP contribution is 2.14. The monoisotopic (exact) mass is 176 g/mol. The molecule has 2 aromatic rings. The normalized spacial score (nSPS) is 13.5. The van der Waals surface area contributed by atoms with E-state index in [-0.39, 0.29) is 0 Å². The molecule has 0 aliphatic rings. The maximum atomic E-state index is 9.42. The van der Waals surface area contributed by atoms with Crippen molar-refractivity contribution in [3.05, 3.63) is 35.9 Å². The third kappa shape index (κ3) is 1.31. The van der Waals surface area contributed by atoms with Crippen molar-refractivity contribution in [3.8, 4) is 0 Å². The third-order valence-corrected chi connectivity index (χ3v) is 2.08. The van der Waals surface area contributed by atoms with Gasteiger partial charge in [-0.1, -0.05) is 6.07 Å². The molecule has 0 fully saturated rings. The number of aliphatic hydroxyl groups is 1. The molecule has 0 aliphatic heterocycles. The van der Waals surface area contributed by atoms with Gasteiger partial charge in [-0.15, -0.1) is 0 Å². The van der Waals surface area contributed by atoms with Gasteiger partial charge in [-0.05, 0) is 25.5 Å². The predicted octanol–water partition coefficient (Wildman–Crippen LogP) is 1.70. The van der Waals surface area contributed by atoms with Crippen molar-refractivity contribution in [1.82, 2.24) is 9.38 Å². The Morgan fingerprint density at radius 3 is 2.92 bits per heavy atom. The molecule has 0 spiro atoms. The molecule has 68 valence electrons. The van der Waals surface area contributed by atoms with E-state index in [1.165, 1.54) is 0 Å². The van der Waals surface area contributed by atoms with Crippen LogP contribution >= 0.6 is 0 Å².